The molecule has 0 fully saturated rings. The number of hydrogen-bond acceptors (Lipinski definition) is 4. The van der Waals surface area contributed by atoms with Crippen molar-refractivity contribution in [3.8, 4) is 0 Å². The lowest BCUT2D eigenvalue weighted by molar-refractivity contribution is 0.0700. The van der Waals surface area contributed by atoms with Crippen LogP contribution in [-0.2, 0) is 13.3 Å². The Hall–Kier alpha value is 0.0569. The maximum absolute atomic E-state index is 5.85. The Morgan fingerprint density at radius 2 is 1.42 bits per heavy atom. The Bertz CT molecular complexity index is 198. The Kier molecular flexibility index (Phi) is 10.8. The average molecular weight is 292 g/mol. The third-order valence-corrected chi connectivity index (χ3v) is 5.94. The maximum atomic E-state index is 5.85. The van der Waals surface area contributed by atoms with E-state index < -0.39 is 8.80 Å². The molecule has 4 nitrogen and oxygen atoms in total. The van der Waals surface area contributed by atoms with Crippen LogP contribution >= 0.6 is 0 Å². The van der Waals surface area contributed by atoms with Crippen molar-refractivity contribution in [3.63, 3.8) is 0 Å². The molecule has 0 spiro atoms. The van der Waals surface area contributed by atoms with Gasteiger partial charge >= 0.3 is 8.80 Å². The molecule has 0 aliphatic carbocycles. The second kappa shape index (κ2) is 10.8. The molecule has 0 radical (unpaired) electrons. The Morgan fingerprint density at radius 1 is 0.947 bits per heavy atom. The van der Waals surface area contributed by atoms with Crippen LogP contribution in [0, 0.1) is 5.92 Å². The largest absolute Gasteiger partial charge is 0.500 e. The molecule has 0 rings (SSSR count). The second-order valence-corrected chi connectivity index (χ2v) is 7.97. The van der Waals surface area contributed by atoms with E-state index in [-0.39, 0.29) is 0 Å². The highest BCUT2D eigenvalue weighted by Crippen LogP contribution is 2.18. The van der Waals surface area contributed by atoms with Crippen LogP contribution in [0.15, 0.2) is 0 Å². The van der Waals surface area contributed by atoms with Gasteiger partial charge in [0.05, 0.1) is 0 Å². The molecule has 0 N–H and O–H groups in total. The van der Waals surface area contributed by atoms with E-state index >= 15 is 0 Å². The Morgan fingerprint density at radius 3 is 1.79 bits per heavy atom. The molecular formula is C14H33NO3Si. The van der Waals surface area contributed by atoms with Crippen LogP contribution < -0.4 is 0 Å². The van der Waals surface area contributed by atoms with Crippen LogP contribution in [0.1, 0.15) is 41.0 Å². The normalized spacial score (nSPS) is 12.6. The van der Waals surface area contributed by atoms with Gasteiger partial charge in [-0.1, -0.05) is 13.8 Å². The van der Waals surface area contributed by atoms with Gasteiger partial charge in [-0.2, -0.15) is 0 Å². The van der Waals surface area contributed by atoms with Crippen LogP contribution in [0.25, 0.3) is 0 Å². The van der Waals surface area contributed by atoms with Gasteiger partial charge in [-0.15, -0.1) is 0 Å². The van der Waals surface area contributed by atoms with Crippen molar-refractivity contribution in [3.05, 3.63) is 0 Å². The van der Waals surface area contributed by atoms with E-state index in [1.54, 1.807) is 0 Å². The predicted octanol–water partition coefficient (Wildman–Crippen LogP) is 3.01. The molecule has 0 amide bonds. The van der Waals surface area contributed by atoms with Crippen LogP contribution in [0.3, 0.4) is 0 Å². The molecule has 0 aromatic rings. The van der Waals surface area contributed by atoms with E-state index in [1.807, 2.05) is 20.8 Å². The van der Waals surface area contributed by atoms with Gasteiger partial charge < -0.3 is 18.2 Å². The zero-order valence-electron chi connectivity index (χ0n) is 13.7. The highest BCUT2D eigenvalue weighted by atomic mass is 28.4. The summed E-state index contributed by atoms with van der Waals surface area (Å²) in [5.74, 6) is 0.706. The van der Waals surface area contributed by atoms with Crippen LogP contribution in [0.5, 0.6) is 0 Å². The van der Waals surface area contributed by atoms with E-state index in [0.717, 1.165) is 25.6 Å². The number of nitrogens with zero attached hydrogens (tertiary/aromatic N) is 1. The van der Waals surface area contributed by atoms with E-state index in [1.165, 1.54) is 0 Å². The maximum Gasteiger partial charge on any atom is 0.500 e. The summed E-state index contributed by atoms with van der Waals surface area (Å²) in [5, 5.41) is 0. The summed E-state index contributed by atoms with van der Waals surface area (Å²) in [5.41, 5.74) is 0. The van der Waals surface area contributed by atoms with Crippen LogP contribution in [0.2, 0.25) is 6.04 Å². The molecule has 0 heterocycles. The van der Waals surface area contributed by atoms with Crippen molar-refractivity contribution in [2.24, 2.45) is 5.92 Å². The zero-order valence-corrected chi connectivity index (χ0v) is 14.7. The van der Waals surface area contributed by atoms with E-state index in [2.05, 4.69) is 25.8 Å². The van der Waals surface area contributed by atoms with Crippen LogP contribution in [-0.4, -0.2) is 53.7 Å². The van der Waals surface area contributed by atoms with Gasteiger partial charge in [-0.05, 0) is 46.7 Å². The molecule has 116 valence electrons. The lowest BCUT2D eigenvalue weighted by Gasteiger charge is -2.29. The summed E-state index contributed by atoms with van der Waals surface area (Å²) in [6, 6.07) is 0.908. The van der Waals surface area contributed by atoms with Crippen molar-refractivity contribution >= 4 is 8.80 Å². The topological polar surface area (TPSA) is 30.9 Å². The first-order chi connectivity index (χ1) is 8.99. The van der Waals surface area contributed by atoms with Gasteiger partial charge in [-0.25, -0.2) is 0 Å². The minimum atomic E-state index is -2.43. The van der Waals surface area contributed by atoms with Gasteiger partial charge in [0.25, 0.3) is 0 Å². The summed E-state index contributed by atoms with van der Waals surface area (Å²) in [4.78, 5) is 2.37. The molecule has 0 aliphatic rings. The van der Waals surface area contributed by atoms with Crippen LogP contribution in [0.4, 0.5) is 0 Å². The fraction of sp³-hybridized carbons (Fsp3) is 1.00. The molecule has 0 aromatic carbocycles. The van der Waals surface area contributed by atoms with Crippen molar-refractivity contribution in [2.45, 2.75) is 47.1 Å². The smallest absolute Gasteiger partial charge is 0.374 e. The quantitative estimate of drug-likeness (QED) is 0.517. The third kappa shape index (κ3) is 8.76. The molecular weight excluding hydrogens is 258 g/mol. The monoisotopic (exact) mass is 291 g/mol. The first-order valence-electron chi connectivity index (χ1n) is 7.60. The molecule has 0 atom stereocenters. The fourth-order valence-corrected chi connectivity index (χ4v) is 4.87. The summed E-state index contributed by atoms with van der Waals surface area (Å²) < 4.78 is 17.5. The highest BCUT2D eigenvalue weighted by Gasteiger charge is 2.39. The molecule has 0 aliphatic heterocycles. The van der Waals surface area contributed by atoms with Crippen molar-refractivity contribution < 1.29 is 13.3 Å². The van der Waals surface area contributed by atoms with E-state index in [0.29, 0.717) is 25.7 Å². The molecule has 0 saturated heterocycles. The summed E-state index contributed by atoms with van der Waals surface area (Å²) in [6.07, 6.45) is 1.06. The van der Waals surface area contributed by atoms with Gasteiger partial charge in [0.15, 0.2) is 0 Å². The first kappa shape index (κ1) is 19.1. The van der Waals surface area contributed by atoms with Gasteiger partial charge in [0, 0.05) is 32.4 Å². The average Bonchev–Trinajstić information content (AvgIpc) is 2.28. The Labute approximate surface area is 120 Å². The van der Waals surface area contributed by atoms with E-state index in [9.17, 15) is 0 Å². The molecule has 0 unspecified atom stereocenters. The SMILES string of the molecule is CCO[Si](CCCN(C)CC(C)C)(OCC)OCC. The van der Waals surface area contributed by atoms with Crippen molar-refractivity contribution in [1.29, 1.82) is 0 Å². The lowest BCUT2D eigenvalue weighted by atomic mass is 10.2. The second-order valence-electron chi connectivity index (χ2n) is 5.24. The number of rotatable bonds is 12. The molecule has 5 heteroatoms. The third-order valence-electron chi connectivity index (χ3n) is 2.79. The fourth-order valence-electron chi connectivity index (χ4n) is 2.28. The Balaban J connectivity index is 4.23. The standard InChI is InChI=1S/C14H33NO3Si/c1-7-16-19(17-8-2,18-9-3)12-10-11-15(6)13-14(4)5/h14H,7-13H2,1-6H3. The first-order valence-corrected chi connectivity index (χ1v) is 9.53. The molecule has 0 saturated carbocycles. The molecule has 0 aromatic heterocycles. The predicted molar refractivity (Wildman–Crippen MR) is 82.4 cm³/mol. The number of hydrogen-bond donors (Lipinski definition) is 0. The summed E-state index contributed by atoms with van der Waals surface area (Å²) >= 11 is 0. The lowest BCUT2D eigenvalue weighted by Crippen LogP contribution is -2.46. The van der Waals surface area contributed by atoms with Gasteiger partial charge in [0.1, 0.15) is 0 Å². The van der Waals surface area contributed by atoms with E-state index in [4.69, 9.17) is 13.3 Å². The van der Waals surface area contributed by atoms with Crippen molar-refractivity contribution in [1.82, 2.24) is 4.90 Å². The summed E-state index contributed by atoms with van der Waals surface area (Å²) in [6.45, 7) is 14.7. The zero-order chi connectivity index (χ0) is 14.7. The summed E-state index contributed by atoms with van der Waals surface area (Å²) in [7, 11) is -0.257. The van der Waals surface area contributed by atoms with Crippen molar-refractivity contribution in [2.75, 3.05) is 40.0 Å². The van der Waals surface area contributed by atoms with Gasteiger partial charge in [0.2, 0.25) is 0 Å². The van der Waals surface area contributed by atoms with Gasteiger partial charge in [-0.3, -0.25) is 0 Å². The highest BCUT2D eigenvalue weighted by molar-refractivity contribution is 6.60. The minimum absolute atomic E-state index is 0.661. The minimum Gasteiger partial charge on any atom is -0.374 e. The molecule has 19 heavy (non-hydrogen) atoms. The molecule has 0 bridgehead atoms.